The fraction of sp³-hybridized carbons (Fsp3) is 0.200. The summed E-state index contributed by atoms with van der Waals surface area (Å²) in [4.78, 5) is 20.9. The van der Waals surface area contributed by atoms with Crippen LogP contribution >= 0.6 is 11.3 Å². The molecule has 1 radical (unpaired) electrons. The molecule has 6 heteroatoms. The van der Waals surface area contributed by atoms with E-state index in [1.165, 1.54) is 0 Å². The summed E-state index contributed by atoms with van der Waals surface area (Å²) in [7, 11) is 7.33. The summed E-state index contributed by atoms with van der Waals surface area (Å²) in [5, 5.41) is 4.36. The molecule has 103 valence electrons. The summed E-state index contributed by atoms with van der Waals surface area (Å²) in [5.74, 6) is 0. The van der Waals surface area contributed by atoms with Crippen molar-refractivity contribution >= 4 is 44.8 Å². The SMILES string of the molecule is [B]=Nc1ccc(CNC)c2sc3ccnc(C)c3c(=O)c12. The molecule has 1 aromatic carbocycles. The zero-order valence-electron chi connectivity index (χ0n) is 11.8. The third kappa shape index (κ3) is 2.20. The second kappa shape index (κ2) is 5.46. The first kappa shape index (κ1) is 14.0. The number of nitrogens with zero attached hydrogens (tertiary/aromatic N) is 2. The molecule has 3 aromatic rings. The molecule has 0 fully saturated rings. The van der Waals surface area contributed by atoms with E-state index < -0.39 is 0 Å². The van der Waals surface area contributed by atoms with Crippen molar-refractivity contribution in [1.29, 1.82) is 0 Å². The first-order chi connectivity index (χ1) is 10.2. The second-order valence-electron chi connectivity index (χ2n) is 4.81. The summed E-state index contributed by atoms with van der Waals surface area (Å²) in [6.07, 6.45) is 1.73. The van der Waals surface area contributed by atoms with Gasteiger partial charge in [0.1, 0.15) is 0 Å². The van der Waals surface area contributed by atoms with E-state index in [2.05, 4.69) is 15.2 Å². The van der Waals surface area contributed by atoms with E-state index in [0.29, 0.717) is 23.0 Å². The molecule has 0 bridgehead atoms. The van der Waals surface area contributed by atoms with Gasteiger partial charge in [0.25, 0.3) is 0 Å². The van der Waals surface area contributed by atoms with Crippen LogP contribution in [0.3, 0.4) is 0 Å². The van der Waals surface area contributed by atoms with Crippen LogP contribution in [0, 0.1) is 6.92 Å². The number of nitrogens with one attached hydrogen (secondary N) is 1. The van der Waals surface area contributed by atoms with Gasteiger partial charge in [-0.05, 0) is 0 Å². The Morgan fingerprint density at radius 2 is 2.14 bits per heavy atom. The Bertz CT molecular complexity index is 920. The minimum absolute atomic E-state index is 0.0495. The molecule has 0 atom stereocenters. The van der Waals surface area contributed by atoms with E-state index in [9.17, 15) is 4.79 Å². The summed E-state index contributed by atoms with van der Waals surface area (Å²) >= 11 is 1.58. The van der Waals surface area contributed by atoms with Gasteiger partial charge in [-0.2, -0.15) is 0 Å². The van der Waals surface area contributed by atoms with Gasteiger partial charge < -0.3 is 0 Å². The molecule has 0 aliphatic rings. The molecule has 3 rings (SSSR count). The normalized spacial score (nSPS) is 11.1. The van der Waals surface area contributed by atoms with Gasteiger partial charge in [0, 0.05) is 0 Å². The van der Waals surface area contributed by atoms with Gasteiger partial charge in [-0.3, -0.25) is 0 Å². The van der Waals surface area contributed by atoms with Gasteiger partial charge in [-0.1, -0.05) is 0 Å². The Morgan fingerprint density at radius 1 is 1.33 bits per heavy atom. The topological polar surface area (TPSA) is 54.4 Å². The van der Waals surface area contributed by atoms with E-state index >= 15 is 0 Å². The Balaban J connectivity index is 2.57. The van der Waals surface area contributed by atoms with Crippen LogP contribution in [0.4, 0.5) is 5.69 Å². The fourth-order valence-electron chi connectivity index (χ4n) is 2.53. The predicted octanol–water partition coefficient (Wildman–Crippen LogP) is 2.82. The molecule has 2 heterocycles. The summed E-state index contributed by atoms with van der Waals surface area (Å²) in [6.45, 7) is 2.53. The van der Waals surface area contributed by atoms with E-state index in [4.69, 9.17) is 7.64 Å². The minimum atomic E-state index is -0.0495. The average molecular weight is 294 g/mol. The van der Waals surface area contributed by atoms with Crippen molar-refractivity contribution in [2.75, 3.05) is 7.05 Å². The molecular formula is C15H13BN3OS. The van der Waals surface area contributed by atoms with Crippen LogP contribution in [0.5, 0.6) is 0 Å². The second-order valence-corrected chi connectivity index (χ2v) is 5.86. The van der Waals surface area contributed by atoms with E-state index in [1.807, 2.05) is 26.1 Å². The van der Waals surface area contributed by atoms with Gasteiger partial charge in [-0.25, -0.2) is 0 Å². The summed E-state index contributed by atoms with van der Waals surface area (Å²) in [5.41, 5.74) is 2.28. The van der Waals surface area contributed by atoms with Gasteiger partial charge in [0.2, 0.25) is 0 Å². The Kier molecular flexibility index (Phi) is 3.65. The first-order valence-corrected chi connectivity index (χ1v) is 7.38. The van der Waals surface area contributed by atoms with Gasteiger partial charge in [0.05, 0.1) is 0 Å². The average Bonchev–Trinajstić information content (AvgIpc) is 2.48. The molecule has 0 saturated heterocycles. The predicted molar refractivity (Wildman–Crippen MR) is 88.7 cm³/mol. The molecule has 0 unspecified atom stereocenters. The zero-order chi connectivity index (χ0) is 15.0. The van der Waals surface area contributed by atoms with Crippen molar-refractivity contribution in [3.63, 3.8) is 0 Å². The number of rotatable bonds is 3. The number of hydrogen-bond acceptors (Lipinski definition) is 5. The zero-order valence-corrected chi connectivity index (χ0v) is 12.6. The van der Waals surface area contributed by atoms with Crippen LogP contribution in [0.2, 0.25) is 0 Å². The van der Waals surface area contributed by atoms with Crippen molar-refractivity contribution in [2.24, 2.45) is 4.90 Å². The van der Waals surface area contributed by atoms with Crippen LogP contribution in [-0.4, -0.2) is 19.7 Å². The van der Waals surface area contributed by atoms with E-state index in [-0.39, 0.29) is 5.43 Å². The summed E-state index contributed by atoms with van der Waals surface area (Å²) < 4.78 is 1.87. The van der Waals surface area contributed by atoms with Gasteiger partial charge in [0.15, 0.2) is 0 Å². The van der Waals surface area contributed by atoms with Gasteiger partial charge >= 0.3 is 126 Å². The number of fused-ring (bicyclic) bond motifs is 2. The number of pyridine rings is 1. The van der Waals surface area contributed by atoms with Crippen molar-refractivity contribution in [3.8, 4) is 0 Å². The van der Waals surface area contributed by atoms with Crippen molar-refractivity contribution in [2.45, 2.75) is 13.5 Å². The van der Waals surface area contributed by atoms with Crippen molar-refractivity contribution in [3.05, 3.63) is 45.9 Å². The molecule has 0 aliphatic heterocycles. The standard InChI is InChI=1S/C15H13BN3OS/c1-8-12-11(5-6-18-8)21-15-9(7-17-2)3-4-10(19-16)13(15)14(12)20/h3-6,17H,7H2,1-2H3. The van der Waals surface area contributed by atoms with E-state index in [1.54, 1.807) is 23.6 Å². The third-order valence-corrected chi connectivity index (χ3v) is 4.72. The maximum absolute atomic E-state index is 12.9. The molecule has 21 heavy (non-hydrogen) atoms. The van der Waals surface area contributed by atoms with Crippen LogP contribution in [-0.2, 0) is 6.54 Å². The third-order valence-electron chi connectivity index (χ3n) is 3.49. The van der Waals surface area contributed by atoms with Crippen LogP contribution in [0.1, 0.15) is 11.3 Å². The number of benzene rings is 1. The Hall–Kier alpha value is -1.92. The Morgan fingerprint density at radius 3 is 2.86 bits per heavy atom. The monoisotopic (exact) mass is 294 g/mol. The van der Waals surface area contributed by atoms with Crippen molar-refractivity contribution in [1.82, 2.24) is 10.3 Å². The molecular weight excluding hydrogens is 281 g/mol. The molecule has 4 nitrogen and oxygen atoms in total. The van der Waals surface area contributed by atoms with Crippen molar-refractivity contribution < 1.29 is 0 Å². The number of aryl methyl sites for hydroxylation is 1. The molecule has 0 amide bonds. The van der Waals surface area contributed by atoms with Gasteiger partial charge in [-0.15, -0.1) is 0 Å². The van der Waals surface area contributed by atoms with Crippen LogP contribution in [0.15, 0.2) is 34.1 Å². The molecule has 1 N–H and O–H groups in total. The fourth-order valence-corrected chi connectivity index (χ4v) is 3.79. The molecule has 0 spiro atoms. The molecule has 0 saturated carbocycles. The number of hydrogen-bond donors (Lipinski definition) is 1. The quantitative estimate of drug-likeness (QED) is 0.597. The summed E-state index contributed by atoms with van der Waals surface area (Å²) in [6, 6.07) is 5.63. The van der Waals surface area contributed by atoms with E-state index in [0.717, 1.165) is 20.7 Å². The maximum atomic E-state index is 12.9. The van der Waals surface area contributed by atoms with Crippen LogP contribution in [0.25, 0.3) is 20.2 Å². The first-order valence-electron chi connectivity index (χ1n) is 6.57. The Labute approximate surface area is 127 Å². The molecule has 0 aliphatic carbocycles. The van der Waals surface area contributed by atoms with Crippen LogP contribution < -0.4 is 10.7 Å². The number of aromatic nitrogens is 1. The molecule has 2 aromatic heterocycles.